The van der Waals surface area contributed by atoms with Gasteiger partial charge < -0.3 is 15.4 Å². The Kier molecular flexibility index (Phi) is 4.02. The number of hydrogen-bond donors (Lipinski definition) is 2. The Morgan fingerprint density at radius 2 is 2.54 bits per heavy atom. The predicted molar refractivity (Wildman–Crippen MR) is 50.6 cm³/mol. The minimum atomic E-state index is -0.342. The Balaban J connectivity index is 2.16. The Morgan fingerprint density at radius 3 is 3.08 bits per heavy atom. The lowest BCUT2D eigenvalue weighted by Crippen LogP contribution is -2.37. The third kappa shape index (κ3) is 3.63. The maximum atomic E-state index is 10.8. The largest absolute Gasteiger partial charge is 0.453 e. The van der Waals surface area contributed by atoms with Crippen LogP contribution in [0.1, 0.15) is 26.2 Å². The van der Waals surface area contributed by atoms with Gasteiger partial charge in [0.2, 0.25) is 0 Å². The van der Waals surface area contributed by atoms with E-state index in [1.807, 2.05) is 6.92 Å². The molecule has 4 heteroatoms. The smallest absolute Gasteiger partial charge is 0.407 e. The maximum Gasteiger partial charge on any atom is 0.407 e. The molecule has 76 valence electrons. The number of ether oxygens (including phenoxy) is 1. The third-order valence-corrected chi connectivity index (χ3v) is 2.35. The second-order valence-electron chi connectivity index (χ2n) is 3.57. The molecule has 1 aliphatic rings. The molecular weight excluding hydrogens is 168 g/mol. The van der Waals surface area contributed by atoms with E-state index >= 15 is 0 Å². The van der Waals surface area contributed by atoms with Crippen molar-refractivity contribution in [3.05, 3.63) is 0 Å². The first-order valence-corrected chi connectivity index (χ1v) is 4.80. The van der Waals surface area contributed by atoms with Gasteiger partial charge in [0.1, 0.15) is 0 Å². The van der Waals surface area contributed by atoms with Crippen LogP contribution in [0.25, 0.3) is 0 Å². The molecule has 2 atom stereocenters. The van der Waals surface area contributed by atoms with Gasteiger partial charge in [-0.3, -0.25) is 0 Å². The van der Waals surface area contributed by atoms with Crippen molar-refractivity contribution in [2.45, 2.75) is 38.3 Å². The summed E-state index contributed by atoms with van der Waals surface area (Å²) < 4.78 is 4.51. The molecule has 0 aliphatic carbocycles. The summed E-state index contributed by atoms with van der Waals surface area (Å²) in [5, 5.41) is 6.14. The van der Waals surface area contributed by atoms with Gasteiger partial charge in [-0.15, -0.1) is 0 Å². The van der Waals surface area contributed by atoms with Crippen LogP contribution < -0.4 is 10.6 Å². The second kappa shape index (κ2) is 5.07. The Labute approximate surface area is 79.0 Å². The van der Waals surface area contributed by atoms with Gasteiger partial charge in [0.05, 0.1) is 7.11 Å². The van der Waals surface area contributed by atoms with Crippen LogP contribution in [-0.4, -0.2) is 31.8 Å². The number of rotatable bonds is 3. The van der Waals surface area contributed by atoms with E-state index < -0.39 is 0 Å². The average molecular weight is 186 g/mol. The highest BCUT2D eigenvalue weighted by molar-refractivity contribution is 5.67. The Morgan fingerprint density at radius 1 is 1.77 bits per heavy atom. The van der Waals surface area contributed by atoms with Gasteiger partial charge in [0, 0.05) is 12.1 Å². The number of methoxy groups -OCH3 is 1. The third-order valence-electron chi connectivity index (χ3n) is 2.35. The SMILES string of the molecule is COC(=O)NC(C)CC1CCCN1. The number of amides is 1. The lowest BCUT2D eigenvalue weighted by atomic mass is 10.1. The molecule has 0 spiro atoms. The fourth-order valence-electron chi connectivity index (χ4n) is 1.70. The van der Waals surface area contributed by atoms with Gasteiger partial charge in [0.15, 0.2) is 0 Å². The summed E-state index contributed by atoms with van der Waals surface area (Å²) in [4.78, 5) is 10.8. The van der Waals surface area contributed by atoms with E-state index in [-0.39, 0.29) is 12.1 Å². The number of carbonyl (C=O) groups excluding carboxylic acids is 1. The van der Waals surface area contributed by atoms with Crippen LogP contribution in [-0.2, 0) is 4.74 Å². The summed E-state index contributed by atoms with van der Waals surface area (Å²) in [5.41, 5.74) is 0. The number of alkyl carbamates (subject to hydrolysis) is 1. The fourth-order valence-corrected chi connectivity index (χ4v) is 1.70. The van der Waals surface area contributed by atoms with E-state index in [1.54, 1.807) is 0 Å². The zero-order valence-electron chi connectivity index (χ0n) is 8.30. The maximum absolute atomic E-state index is 10.8. The van der Waals surface area contributed by atoms with Crippen LogP contribution in [0.3, 0.4) is 0 Å². The van der Waals surface area contributed by atoms with E-state index in [2.05, 4.69) is 15.4 Å². The molecule has 0 saturated carbocycles. The molecule has 2 N–H and O–H groups in total. The topological polar surface area (TPSA) is 50.4 Å². The molecule has 1 fully saturated rings. The monoisotopic (exact) mass is 186 g/mol. The van der Waals surface area contributed by atoms with E-state index in [1.165, 1.54) is 20.0 Å². The first-order chi connectivity index (χ1) is 6.22. The molecule has 0 aromatic heterocycles. The van der Waals surface area contributed by atoms with Gasteiger partial charge in [-0.1, -0.05) is 0 Å². The van der Waals surface area contributed by atoms with Crippen molar-refractivity contribution in [2.24, 2.45) is 0 Å². The quantitative estimate of drug-likeness (QED) is 0.687. The van der Waals surface area contributed by atoms with Crippen LogP contribution in [0, 0.1) is 0 Å². The highest BCUT2D eigenvalue weighted by Gasteiger charge is 2.17. The first-order valence-electron chi connectivity index (χ1n) is 4.80. The molecule has 0 aromatic rings. The fraction of sp³-hybridized carbons (Fsp3) is 0.889. The molecule has 1 heterocycles. The molecule has 0 aromatic carbocycles. The Hall–Kier alpha value is -0.770. The summed E-state index contributed by atoms with van der Waals surface area (Å²) in [6.45, 7) is 3.10. The normalized spacial score (nSPS) is 24.0. The van der Waals surface area contributed by atoms with Crippen molar-refractivity contribution in [2.75, 3.05) is 13.7 Å². The van der Waals surface area contributed by atoms with E-state index in [0.717, 1.165) is 13.0 Å². The molecule has 2 unspecified atom stereocenters. The molecule has 1 aliphatic heterocycles. The number of hydrogen-bond acceptors (Lipinski definition) is 3. The average Bonchev–Trinajstić information content (AvgIpc) is 2.56. The standard InChI is InChI=1S/C9H18N2O2/c1-7(11-9(12)13-2)6-8-4-3-5-10-8/h7-8,10H,3-6H2,1-2H3,(H,11,12). The van der Waals surface area contributed by atoms with Crippen LogP contribution in [0.2, 0.25) is 0 Å². The molecule has 0 bridgehead atoms. The molecule has 13 heavy (non-hydrogen) atoms. The van der Waals surface area contributed by atoms with Crippen LogP contribution in [0.4, 0.5) is 4.79 Å². The first kappa shape index (κ1) is 10.3. The lowest BCUT2D eigenvalue weighted by molar-refractivity contribution is 0.166. The summed E-state index contributed by atoms with van der Waals surface area (Å²) in [5.74, 6) is 0. The van der Waals surface area contributed by atoms with Crippen LogP contribution >= 0.6 is 0 Å². The van der Waals surface area contributed by atoms with E-state index in [0.29, 0.717) is 6.04 Å². The van der Waals surface area contributed by atoms with Gasteiger partial charge in [0.25, 0.3) is 0 Å². The summed E-state index contributed by atoms with van der Waals surface area (Å²) in [7, 11) is 1.38. The van der Waals surface area contributed by atoms with Crippen molar-refractivity contribution >= 4 is 6.09 Å². The molecule has 1 amide bonds. The highest BCUT2D eigenvalue weighted by Crippen LogP contribution is 2.10. The zero-order valence-corrected chi connectivity index (χ0v) is 8.30. The van der Waals surface area contributed by atoms with Crippen LogP contribution in [0.5, 0.6) is 0 Å². The number of carbonyl (C=O) groups is 1. The van der Waals surface area contributed by atoms with Gasteiger partial charge in [-0.2, -0.15) is 0 Å². The highest BCUT2D eigenvalue weighted by atomic mass is 16.5. The predicted octanol–water partition coefficient (Wildman–Crippen LogP) is 0.873. The molecule has 1 rings (SSSR count). The minimum Gasteiger partial charge on any atom is -0.453 e. The van der Waals surface area contributed by atoms with E-state index in [9.17, 15) is 4.79 Å². The summed E-state index contributed by atoms with van der Waals surface area (Å²) in [6, 6.07) is 0.746. The van der Waals surface area contributed by atoms with Crippen molar-refractivity contribution in [3.8, 4) is 0 Å². The van der Waals surface area contributed by atoms with Crippen molar-refractivity contribution < 1.29 is 9.53 Å². The number of nitrogens with one attached hydrogen (secondary N) is 2. The van der Waals surface area contributed by atoms with Gasteiger partial charge >= 0.3 is 6.09 Å². The van der Waals surface area contributed by atoms with Crippen molar-refractivity contribution in [1.82, 2.24) is 10.6 Å². The minimum absolute atomic E-state index is 0.183. The Bertz CT molecular complexity index is 167. The molecule has 0 radical (unpaired) electrons. The molecule has 1 saturated heterocycles. The van der Waals surface area contributed by atoms with Crippen LogP contribution in [0.15, 0.2) is 0 Å². The van der Waals surface area contributed by atoms with Gasteiger partial charge in [-0.05, 0) is 32.7 Å². The zero-order chi connectivity index (χ0) is 9.68. The summed E-state index contributed by atoms with van der Waals surface area (Å²) >= 11 is 0. The summed E-state index contributed by atoms with van der Waals surface area (Å²) in [6.07, 6.45) is 3.10. The lowest BCUT2D eigenvalue weighted by Gasteiger charge is -2.17. The van der Waals surface area contributed by atoms with E-state index in [4.69, 9.17) is 0 Å². The van der Waals surface area contributed by atoms with Gasteiger partial charge in [-0.25, -0.2) is 4.79 Å². The molecular formula is C9H18N2O2. The molecule has 4 nitrogen and oxygen atoms in total. The van der Waals surface area contributed by atoms with Crippen molar-refractivity contribution in [3.63, 3.8) is 0 Å². The van der Waals surface area contributed by atoms with Crippen molar-refractivity contribution in [1.29, 1.82) is 0 Å². The second-order valence-corrected chi connectivity index (χ2v) is 3.57.